The van der Waals surface area contributed by atoms with Crippen molar-refractivity contribution in [2.24, 2.45) is 0 Å². The normalized spacial score (nSPS) is 11.8. The Morgan fingerprint density at radius 1 is 1.18 bits per heavy atom. The Morgan fingerprint density at radius 2 is 1.88 bits per heavy atom. The van der Waals surface area contributed by atoms with E-state index < -0.39 is 18.9 Å². The maximum atomic E-state index is 12.4. The summed E-state index contributed by atoms with van der Waals surface area (Å²) in [5.41, 5.74) is -0.905. The second-order valence-corrected chi connectivity index (χ2v) is 3.38. The van der Waals surface area contributed by atoms with Crippen LogP contribution in [-0.4, -0.2) is 27.1 Å². The van der Waals surface area contributed by atoms with Crippen molar-refractivity contribution in [3.05, 3.63) is 30.0 Å². The van der Waals surface area contributed by atoms with Gasteiger partial charge in [0.05, 0.1) is 11.2 Å². The van der Waals surface area contributed by atoms with Gasteiger partial charge in [-0.1, -0.05) is 0 Å². The van der Waals surface area contributed by atoms with E-state index in [0.717, 1.165) is 6.07 Å². The quantitative estimate of drug-likeness (QED) is 0.707. The van der Waals surface area contributed by atoms with Gasteiger partial charge in [-0.05, 0) is 18.2 Å². The number of rotatable bonds is 1. The van der Waals surface area contributed by atoms with Crippen LogP contribution in [0, 0.1) is 0 Å². The SMILES string of the molecule is OB(O)c1ccc2cc(C(F)(F)F)cnc2n1. The van der Waals surface area contributed by atoms with Crippen LogP contribution in [0.25, 0.3) is 11.0 Å². The number of alkyl halides is 3. The molecule has 0 aromatic carbocycles. The Hall–Kier alpha value is -1.67. The Kier molecular flexibility index (Phi) is 2.76. The van der Waals surface area contributed by atoms with Crippen molar-refractivity contribution in [1.29, 1.82) is 0 Å². The van der Waals surface area contributed by atoms with E-state index in [4.69, 9.17) is 10.0 Å². The lowest BCUT2D eigenvalue weighted by atomic mass is 9.85. The number of pyridine rings is 2. The van der Waals surface area contributed by atoms with Gasteiger partial charge in [-0.15, -0.1) is 0 Å². The molecule has 0 aliphatic heterocycles. The first-order chi connectivity index (χ1) is 7.88. The molecule has 0 aliphatic carbocycles. The van der Waals surface area contributed by atoms with Crippen molar-refractivity contribution >= 4 is 23.7 Å². The minimum absolute atomic E-state index is 0.0311. The molecule has 2 aromatic heterocycles. The Balaban J connectivity index is 2.54. The van der Waals surface area contributed by atoms with E-state index in [2.05, 4.69) is 9.97 Å². The monoisotopic (exact) mass is 242 g/mol. The minimum atomic E-state index is -4.46. The molecule has 4 nitrogen and oxygen atoms in total. The lowest BCUT2D eigenvalue weighted by Gasteiger charge is -2.07. The zero-order chi connectivity index (χ0) is 12.6. The third kappa shape index (κ3) is 2.37. The van der Waals surface area contributed by atoms with Gasteiger partial charge < -0.3 is 10.0 Å². The summed E-state index contributed by atoms with van der Waals surface area (Å²) in [4.78, 5) is 7.26. The summed E-state index contributed by atoms with van der Waals surface area (Å²) in [6, 6.07) is 3.44. The molecule has 0 unspecified atom stereocenters. The van der Waals surface area contributed by atoms with Crippen LogP contribution in [0.15, 0.2) is 24.4 Å². The predicted molar refractivity (Wildman–Crippen MR) is 54.4 cm³/mol. The van der Waals surface area contributed by atoms with E-state index in [1.807, 2.05) is 0 Å². The largest absolute Gasteiger partial charge is 0.508 e. The molecule has 0 radical (unpaired) electrons. The van der Waals surface area contributed by atoms with Crippen molar-refractivity contribution in [3.8, 4) is 0 Å². The molecule has 0 atom stereocenters. The zero-order valence-electron chi connectivity index (χ0n) is 8.31. The molecule has 0 spiro atoms. The zero-order valence-corrected chi connectivity index (χ0v) is 8.31. The third-order valence-corrected chi connectivity index (χ3v) is 2.16. The smallest absolute Gasteiger partial charge is 0.422 e. The van der Waals surface area contributed by atoms with Crippen molar-refractivity contribution in [3.63, 3.8) is 0 Å². The van der Waals surface area contributed by atoms with Gasteiger partial charge in [0.25, 0.3) is 0 Å². The molecule has 0 fully saturated rings. The van der Waals surface area contributed by atoms with Crippen LogP contribution in [0.5, 0.6) is 0 Å². The molecular formula is C9H6BF3N2O2. The number of halogens is 3. The van der Waals surface area contributed by atoms with Crippen molar-refractivity contribution in [2.45, 2.75) is 6.18 Å². The van der Waals surface area contributed by atoms with Gasteiger partial charge in [0.1, 0.15) is 0 Å². The summed E-state index contributed by atoms with van der Waals surface area (Å²) in [5, 5.41) is 17.9. The molecule has 2 heterocycles. The van der Waals surface area contributed by atoms with Gasteiger partial charge in [-0.25, -0.2) is 9.97 Å². The average molecular weight is 242 g/mol. The summed E-state index contributed by atoms with van der Waals surface area (Å²) >= 11 is 0. The topological polar surface area (TPSA) is 66.2 Å². The second kappa shape index (κ2) is 3.97. The van der Waals surface area contributed by atoms with Crippen molar-refractivity contribution in [1.82, 2.24) is 9.97 Å². The highest BCUT2D eigenvalue weighted by Gasteiger charge is 2.31. The Labute approximate surface area is 93.9 Å². The van der Waals surface area contributed by atoms with Crippen LogP contribution in [0.4, 0.5) is 13.2 Å². The highest BCUT2D eigenvalue weighted by atomic mass is 19.4. The first-order valence-electron chi connectivity index (χ1n) is 4.58. The van der Waals surface area contributed by atoms with E-state index in [1.165, 1.54) is 12.1 Å². The number of hydrogen-bond acceptors (Lipinski definition) is 4. The van der Waals surface area contributed by atoms with Crippen LogP contribution in [0.3, 0.4) is 0 Å². The molecule has 8 heteroatoms. The van der Waals surface area contributed by atoms with E-state index in [-0.39, 0.29) is 16.6 Å². The molecular weight excluding hydrogens is 236 g/mol. The van der Waals surface area contributed by atoms with E-state index in [1.54, 1.807) is 0 Å². The maximum absolute atomic E-state index is 12.4. The van der Waals surface area contributed by atoms with Gasteiger partial charge in [0.15, 0.2) is 5.65 Å². The first kappa shape index (κ1) is 11.8. The van der Waals surface area contributed by atoms with Crippen molar-refractivity contribution in [2.75, 3.05) is 0 Å². The van der Waals surface area contributed by atoms with Crippen LogP contribution in [0.2, 0.25) is 0 Å². The van der Waals surface area contributed by atoms with Gasteiger partial charge in [-0.2, -0.15) is 13.2 Å². The number of nitrogens with zero attached hydrogens (tertiary/aromatic N) is 2. The highest BCUT2D eigenvalue weighted by Crippen LogP contribution is 2.29. The molecule has 2 N–H and O–H groups in total. The number of fused-ring (bicyclic) bond motifs is 1. The molecule has 0 saturated carbocycles. The van der Waals surface area contributed by atoms with Crippen LogP contribution in [0.1, 0.15) is 5.56 Å². The molecule has 0 saturated heterocycles. The van der Waals surface area contributed by atoms with Crippen LogP contribution < -0.4 is 5.59 Å². The lowest BCUT2D eigenvalue weighted by molar-refractivity contribution is -0.137. The molecule has 88 valence electrons. The molecule has 0 aliphatic rings. The minimum Gasteiger partial charge on any atom is -0.422 e. The maximum Gasteiger partial charge on any atom is 0.508 e. The Morgan fingerprint density at radius 3 is 2.47 bits per heavy atom. The molecule has 0 amide bonds. The molecule has 17 heavy (non-hydrogen) atoms. The summed E-state index contributed by atoms with van der Waals surface area (Å²) in [6.07, 6.45) is -3.81. The first-order valence-corrected chi connectivity index (χ1v) is 4.58. The third-order valence-electron chi connectivity index (χ3n) is 2.16. The lowest BCUT2D eigenvalue weighted by Crippen LogP contribution is -2.32. The van der Waals surface area contributed by atoms with Gasteiger partial charge in [-0.3, -0.25) is 0 Å². The predicted octanol–water partition coefficient (Wildman–Crippen LogP) is 0.328. The van der Waals surface area contributed by atoms with E-state index in [9.17, 15) is 13.2 Å². The van der Waals surface area contributed by atoms with Crippen molar-refractivity contribution < 1.29 is 23.2 Å². The average Bonchev–Trinajstić information content (AvgIpc) is 2.26. The van der Waals surface area contributed by atoms with Crippen LogP contribution in [-0.2, 0) is 6.18 Å². The van der Waals surface area contributed by atoms with E-state index in [0.29, 0.717) is 6.20 Å². The molecule has 2 aromatic rings. The summed E-state index contributed by atoms with van der Waals surface area (Å²) in [7, 11) is -1.77. The van der Waals surface area contributed by atoms with E-state index >= 15 is 0 Å². The highest BCUT2D eigenvalue weighted by molar-refractivity contribution is 6.57. The summed E-state index contributed by atoms with van der Waals surface area (Å²) in [5.74, 6) is 0. The Bertz CT molecular complexity index is 559. The number of aromatic nitrogens is 2. The fraction of sp³-hybridized carbons (Fsp3) is 0.111. The fourth-order valence-electron chi connectivity index (χ4n) is 1.32. The molecule has 0 bridgehead atoms. The second-order valence-electron chi connectivity index (χ2n) is 3.38. The van der Waals surface area contributed by atoms with Gasteiger partial charge >= 0.3 is 13.3 Å². The van der Waals surface area contributed by atoms with Gasteiger partial charge in [0.2, 0.25) is 0 Å². The number of hydrogen-bond donors (Lipinski definition) is 2. The van der Waals surface area contributed by atoms with Crippen LogP contribution >= 0.6 is 0 Å². The molecule has 2 rings (SSSR count). The summed E-state index contributed by atoms with van der Waals surface area (Å²) in [6.45, 7) is 0. The fourth-order valence-corrected chi connectivity index (χ4v) is 1.32. The summed E-state index contributed by atoms with van der Waals surface area (Å²) < 4.78 is 37.1. The standard InChI is InChI=1S/C9H6BF3N2O2/c11-9(12,13)6-3-5-1-2-7(10(16)17)15-8(5)14-4-6/h1-4,16-17H. The van der Waals surface area contributed by atoms with Gasteiger partial charge in [0, 0.05) is 11.6 Å².